The highest BCUT2D eigenvalue weighted by atomic mass is 32.2. The first-order valence-corrected chi connectivity index (χ1v) is 7.02. The molecule has 1 aliphatic carbocycles. The van der Waals surface area contributed by atoms with Crippen molar-refractivity contribution >= 4 is 10.2 Å². The fourth-order valence-electron chi connectivity index (χ4n) is 1.89. The lowest BCUT2D eigenvalue weighted by atomic mass is 10.1. The minimum absolute atomic E-state index is 0.00123. The Morgan fingerprint density at radius 2 is 1.93 bits per heavy atom. The first-order valence-electron chi connectivity index (χ1n) is 5.58. The maximum atomic E-state index is 11.8. The normalized spacial score (nSPS) is 27.9. The molecule has 2 unspecified atom stereocenters. The summed E-state index contributed by atoms with van der Waals surface area (Å²) in [4.78, 5) is 0. The Morgan fingerprint density at radius 3 is 2.33 bits per heavy atom. The van der Waals surface area contributed by atoms with Crippen LogP contribution in [0.25, 0.3) is 0 Å². The van der Waals surface area contributed by atoms with Gasteiger partial charge in [0.15, 0.2) is 0 Å². The first-order chi connectivity index (χ1) is 6.83. The van der Waals surface area contributed by atoms with Crippen molar-refractivity contribution in [2.45, 2.75) is 52.1 Å². The van der Waals surface area contributed by atoms with Gasteiger partial charge in [-0.2, -0.15) is 17.4 Å². The molecule has 2 atom stereocenters. The molecule has 90 valence electrons. The highest BCUT2D eigenvalue weighted by Gasteiger charge is 2.28. The summed E-state index contributed by atoms with van der Waals surface area (Å²) in [5, 5.41) is 0. The molecule has 0 amide bonds. The third-order valence-electron chi connectivity index (χ3n) is 3.12. The summed E-state index contributed by atoms with van der Waals surface area (Å²) in [7, 11) is -1.67. The van der Waals surface area contributed by atoms with Crippen LogP contribution in [0.5, 0.6) is 0 Å². The molecule has 1 saturated carbocycles. The predicted molar refractivity (Wildman–Crippen MR) is 61.8 cm³/mol. The predicted octanol–water partition coefficient (Wildman–Crippen LogP) is 1.35. The molecule has 0 aromatic carbocycles. The summed E-state index contributed by atoms with van der Waals surface area (Å²) in [6.45, 7) is 5.91. The Labute approximate surface area is 93.2 Å². The van der Waals surface area contributed by atoms with Gasteiger partial charge in [0.2, 0.25) is 0 Å². The fourth-order valence-corrected chi connectivity index (χ4v) is 3.24. The second-order valence-electron chi connectivity index (χ2n) is 4.85. The molecule has 0 aliphatic heterocycles. The first kappa shape index (κ1) is 12.9. The lowest BCUT2D eigenvalue weighted by Crippen LogP contribution is -2.45. The van der Waals surface area contributed by atoms with Gasteiger partial charge in [-0.1, -0.05) is 6.92 Å². The molecule has 0 spiro atoms. The van der Waals surface area contributed by atoms with E-state index in [1.54, 1.807) is 7.05 Å². The zero-order chi connectivity index (χ0) is 11.6. The van der Waals surface area contributed by atoms with Gasteiger partial charge in [-0.15, -0.1) is 0 Å². The van der Waals surface area contributed by atoms with Crippen LogP contribution in [0, 0.1) is 5.92 Å². The molecule has 0 heterocycles. The average molecular weight is 234 g/mol. The van der Waals surface area contributed by atoms with Gasteiger partial charge in [0.1, 0.15) is 0 Å². The Morgan fingerprint density at radius 1 is 1.33 bits per heavy atom. The SMILES string of the molecule is CC1CCC(NS(=O)(=O)N(C)C(C)C)C1. The van der Waals surface area contributed by atoms with Crippen molar-refractivity contribution in [2.24, 2.45) is 5.92 Å². The molecule has 0 bridgehead atoms. The van der Waals surface area contributed by atoms with E-state index in [9.17, 15) is 8.42 Å². The molecule has 1 fully saturated rings. The summed E-state index contributed by atoms with van der Waals surface area (Å²) in [6.07, 6.45) is 3.05. The van der Waals surface area contributed by atoms with Crippen molar-refractivity contribution in [3.05, 3.63) is 0 Å². The van der Waals surface area contributed by atoms with Crippen molar-refractivity contribution in [1.29, 1.82) is 0 Å². The number of nitrogens with one attached hydrogen (secondary N) is 1. The number of hydrogen-bond acceptors (Lipinski definition) is 2. The molecule has 1 rings (SSSR count). The van der Waals surface area contributed by atoms with Crippen molar-refractivity contribution in [3.8, 4) is 0 Å². The number of nitrogens with zero attached hydrogens (tertiary/aromatic N) is 1. The number of hydrogen-bond donors (Lipinski definition) is 1. The van der Waals surface area contributed by atoms with Crippen molar-refractivity contribution < 1.29 is 8.42 Å². The third kappa shape index (κ3) is 3.43. The zero-order valence-electron chi connectivity index (χ0n) is 10.0. The van der Waals surface area contributed by atoms with Crippen LogP contribution in [-0.2, 0) is 10.2 Å². The molecule has 4 nitrogen and oxygen atoms in total. The summed E-state index contributed by atoms with van der Waals surface area (Å²) in [5.74, 6) is 0.641. The summed E-state index contributed by atoms with van der Waals surface area (Å²) >= 11 is 0. The zero-order valence-corrected chi connectivity index (χ0v) is 10.8. The van der Waals surface area contributed by atoms with Crippen molar-refractivity contribution in [3.63, 3.8) is 0 Å². The highest BCUT2D eigenvalue weighted by Crippen LogP contribution is 2.25. The Kier molecular flexibility index (Phi) is 4.14. The summed E-state index contributed by atoms with van der Waals surface area (Å²) in [6, 6.07) is 0.132. The van der Waals surface area contributed by atoms with E-state index in [-0.39, 0.29) is 12.1 Å². The van der Waals surface area contributed by atoms with Crippen molar-refractivity contribution in [1.82, 2.24) is 9.03 Å². The van der Waals surface area contributed by atoms with Gasteiger partial charge in [-0.25, -0.2) is 0 Å². The minimum Gasteiger partial charge on any atom is -0.199 e. The van der Waals surface area contributed by atoms with E-state index in [2.05, 4.69) is 11.6 Å². The Hall–Kier alpha value is -0.130. The molecule has 5 heteroatoms. The van der Waals surface area contributed by atoms with Gasteiger partial charge >= 0.3 is 0 Å². The van der Waals surface area contributed by atoms with Crippen LogP contribution >= 0.6 is 0 Å². The van der Waals surface area contributed by atoms with E-state index < -0.39 is 10.2 Å². The van der Waals surface area contributed by atoms with Gasteiger partial charge < -0.3 is 0 Å². The highest BCUT2D eigenvalue weighted by molar-refractivity contribution is 7.87. The molecule has 0 saturated heterocycles. The van der Waals surface area contributed by atoms with Gasteiger partial charge in [0.05, 0.1) is 0 Å². The van der Waals surface area contributed by atoms with Gasteiger partial charge in [0, 0.05) is 19.1 Å². The van der Waals surface area contributed by atoms with Crippen LogP contribution in [-0.4, -0.2) is 31.9 Å². The molecule has 1 aliphatic rings. The summed E-state index contributed by atoms with van der Waals surface area (Å²) in [5.41, 5.74) is 0. The van der Waals surface area contributed by atoms with Crippen LogP contribution in [0.3, 0.4) is 0 Å². The third-order valence-corrected chi connectivity index (χ3v) is 4.93. The van der Waals surface area contributed by atoms with E-state index in [1.807, 2.05) is 13.8 Å². The molecule has 0 aromatic rings. The van der Waals surface area contributed by atoms with Gasteiger partial charge in [-0.3, -0.25) is 0 Å². The lowest BCUT2D eigenvalue weighted by Gasteiger charge is -2.23. The van der Waals surface area contributed by atoms with Crippen LogP contribution in [0.4, 0.5) is 0 Å². The molecule has 0 aromatic heterocycles. The van der Waals surface area contributed by atoms with Crippen LogP contribution in [0.1, 0.15) is 40.0 Å². The second kappa shape index (κ2) is 4.80. The maximum absolute atomic E-state index is 11.8. The van der Waals surface area contributed by atoms with E-state index in [0.29, 0.717) is 5.92 Å². The maximum Gasteiger partial charge on any atom is 0.279 e. The topological polar surface area (TPSA) is 49.4 Å². The fraction of sp³-hybridized carbons (Fsp3) is 1.00. The molecular weight excluding hydrogens is 212 g/mol. The van der Waals surface area contributed by atoms with Crippen LogP contribution in [0.2, 0.25) is 0 Å². The van der Waals surface area contributed by atoms with E-state index in [4.69, 9.17) is 0 Å². The summed E-state index contributed by atoms with van der Waals surface area (Å²) < 4.78 is 27.8. The van der Waals surface area contributed by atoms with Gasteiger partial charge in [0.25, 0.3) is 10.2 Å². The van der Waals surface area contributed by atoms with E-state index in [0.717, 1.165) is 19.3 Å². The lowest BCUT2D eigenvalue weighted by molar-refractivity contribution is 0.395. The van der Waals surface area contributed by atoms with E-state index in [1.165, 1.54) is 4.31 Å². The van der Waals surface area contributed by atoms with Crippen LogP contribution in [0.15, 0.2) is 0 Å². The average Bonchev–Trinajstić information content (AvgIpc) is 2.48. The minimum atomic E-state index is -3.28. The van der Waals surface area contributed by atoms with Gasteiger partial charge in [-0.05, 0) is 39.0 Å². The molecule has 1 N–H and O–H groups in total. The molecular formula is C10H22N2O2S. The van der Waals surface area contributed by atoms with E-state index >= 15 is 0 Å². The number of rotatable bonds is 4. The standard InChI is InChI=1S/C10H22N2O2S/c1-8(2)12(4)15(13,14)11-10-6-5-9(3)7-10/h8-11H,5-7H2,1-4H3. The second-order valence-corrected chi connectivity index (χ2v) is 6.61. The molecule has 0 radical (unpaired) electrons. The van der Waals surface area contributed by atoms with Crippen molar-refractivity contribution in [2.75, 3.05) is 7.05 Å². The Balaban J connectivity index is 2.57. The quantitative estimate of drug-likeness (QED) is 0.798. The van der Waals surface area contributed by atoms with Crippen LogP contribution < -0.4 is 4.72 Å². The monoisotopic (exact) mass is 234 g/mol. The largest absolute Gasteiger partial charge is 0.279 e. The molecule has 15 heavy (non-hydrogen) atoms. The smallest absolute Gasteiger partial charge is 0.199 e. The Bertz CT molecular complexity index is 301.